The average Bonchev–Trinajstić information content (AvgIpc) is 1.63. The molecule has 31 heteroatoms. The molecular weight excluding hydrogens is 1730 g/mol. The number of ether oxygens (including phenoxy) is 16. The van der Waals surface area contributed by atoms with Crippen LogP contribution >= 0.6 is 45.9 Å². The standard InChI is InChI=1S/C9H10N2.C9H10O2.2C8H7ClO2.C8H6F2O2.2C8H7FO2.C8H7NO.2C8H7NS.C8H8O2.C7H7NO2/c1-7-3-4-9-10-5-8(2)11(9)6-7;1-6-3-7(2)9-8(4-6)10-5-11-9;1-5-2-7-8(3-6(5)9)11-4-10-7;1-5-2-6(9)8-7(3-5)10-4-11-8;1-5-2-3-6-7(4-5)12-8(9,10)11-6;1-5-2-7-8(3-6(5)9)11-4-10-7;1-5-2-6(9)8-7(3-5)10-4-11-8;1-6-2-3-7-8(4-6)10-5-9-7;1-6-2-3-8-7(4-6)9-5-10-8;2*1-6-2-3-7-8(4-6)10-5-9-7;1-5-2-3-6-7(8-5)10-4-9-6/h3-6H,1-2H3;3-4H,5H2,1-2H3;2*2-3H,4H2,1H3;2-4H,1H3;2*2-3H,4H2,1H3;3*2-5H,1H3;2-4H,5H2,1H3;2-3H,4H2,1H3. The SMILES string of the molecule is Cc1cc(C)c2c(c1)OCO2.Cc1cc(Cl)c2c(c1)OCO2.Cc1cc(F)c2c(c1)OCO2.Cc1cc2c(cc1Cl)OCO2.Cc1cc2c(cc1F)OCO2.Cc1ccc2c(c1)OC(F)(F)O2.Cc1ccc2c(c1)OCO2.Cc1ccc2c(n1)OCO2.Cc1ccc2ncc(C)n2c1.Cc1ccc2ncoc2c1.Cc1ccc2ncsc2c1.Cc1ccc2scnc2c1. The Balaban J connectivity index is 0.000000119. The Kier molecular flexibility index (Phi) is 30.6. The number of benzene rings is 10. The van der Waals surface area contributed by atoms with Crippen molar-refractivity contribution in [3.63, 3.8) is 0 Å². The molecule has 8 aliphatic heterocycles. The first-order chi connectivity index (χ1) is 61.5. The van der Waals surface area contributed by atoms with Gasteiger partial charge in [0.25, 0.3) is 5.88 Å². The van der Waals surface area contributed by atoms with Crippen molar-refractivity contribution < 1.29 is 97.8 Å². The van der Waals surface area contributed by atoms with Crippen molar-refractivity contribution in [3.05, 3.63) is 306 Å². The van der Waals surface area contributed by atoms with Crippen LogP contribution < -0.4 is 75.8 Å². The number of imidazole rings is 1. The molecule has 0 unspecified atom stereocenters. The summed E-state index contributed by atoms with van der Waals surface area (Å²) in [7, 11) is 0. The topological polar surface area (TPSA) is 230 Å². The summed E-state index contributed by atoms with van der Waals surface area (Å²) in [6, 6.07) is 54.7. The van der Waals surface area contributed by atoms with Crippen LogP contribution in [0.2, 0.25) is 10.0 Å². The summed E-state index contributed by atoms with van der Waals surface area (Å²) in [5.41, 5.74) is 23.9. The molecule has 0 N–H and O–H groups in total. The third-order valence-electron chi connectivity index (χ3n) is 19.0. The highest BCUT2D eigenvalue weighted by molar-refractivity contribution is 7.17. The highest BCUT2D eigenvalue weighted by Gasteiger charge is 2.43. The molecule has 664 valence electrons. The summed E-state index contributed by atoms with van der Waals surface area (Å²) in [6.45, 7) is 29.5. The molecule has 8 aliphatic rings. The zero-order valence-corrected chi connectivity index (χ0v) is 75.4. The zero-order chi connectivity index (χ0) is 90.7. The van der Waals surface area contributed by atoms with Crippen LogP contribution in [0.15, 0.2) is 210 Å². The lowest BCUT2D eigenvalue weighted by atomic mass is 10.1. The number of aryl methyl sites for hydroxylation is 14. The number of nitrogens with zero attached hydrogens (tertiary/aromatic N) is 6. The zero-order valence-electron chi connectivity index (χ0n) is 72.3. The van der Waals surface area contributed by atoms with Gasteiger partial charge >= 0.3 is 6.29 Å². The number of hydrogen-bond donors (Lipinski definition) is 0. The lowest BCUT2D eigenvalue weighted by Crippen LogP contribution is -2.25. The van der Waals surface area contributed by atoms with Gasteiger partial charge in [-0.05, 0) is 285 Å². The summed E-state index contributed by atoms with van der Waals surface area (Å²) < 4.78 is 140. The van der Waals surface area contributed by atoms with E-state index in [1.165, 1.54) is 79.1 Å². The third kappa shape index (κ3) is 25.0. The van der Waals surface area contributed by atoms with Gasteiger partial charge in [-0.15, -0.1) is 31.5 Å². The minimum atomic E-state index is -3.50. The molecule has 0 atom stereocenters. The summed E-state index contributed by atoms with van der Waals surface area (Å²) in [4.78, 5) is 20.7. The van der Waals surface area contributed by atoms with E-state index in [0.29, 0.717) is 71.7 Å². The van der Waals surface area contributed by atoms with Crippen molar-refractivity contribution in [1.29, 1.82) is 0 Å². The van der Waals surface area contributed by atoms with Gasteiger partial charge in [-0.25, -0.2) is 33.7 Å². The van der Waals surface area contributed by atoms with E-state index in [2.05, 4.69) is 128 Å². The predicted molar refractivity (Wildman–Crippen MR) is 483 cm³/mol. The molecule has 0 bridgehead atoms. The van der Waals surface area contributed by atoms with Crippen LogP contribution in [0, 0.1) is 109 Å². The molecule has 14 heterocycles. The second-order valence-corrected chi connectivity index (χ2v) is 32.2. The molecule has 24 rings (SSSR count). The van der Waals surface area contributed by atoms with Crippen LogP contribution in [-0.4, -0.2) is 83.2 Å². The van der Waals surface area contributed by atoms with Crippen molar-refractivity contribution in [2.45, 2.75) is 103 Å². The van der Waals surface area contributed by atoms with Crippen LogP contribution in [-0.2, 0) is 0 Å². The van der Waals surface area contributed by atoms with Crippen LogP contribution in [0.25, 0.3) is 37.2 Å². The maximum Gasteiger partial charge on any atom is 0.586 e. The number of hydrogen-bond acceptors (Lipinski definition) is 24. The summed E-state index contributed by atoms with van der Waals surface area (Å²) in [6.07, 6.45) is 1.94. The van der Waals surface area contributed by atoms with E-state index in [1.807, 2.05) is 145 Å². The Morgan fingerprint density at radius 1 is 0.336 bits per heavy atom. The van der Waals surface area contributed by atoms with E-state index >= 15 is 0 Å². The second-order valence-electron chi connectivity index (χ2n) is 29.6. The molecular formula is C97H90Cl2F4N6O17S2. The average molecular weight is 1820 g/mol. The fourth-order valence-corrected chi connectivity index (χ4v) is 14.5. The summed E-state index contributed by atoms with van der Waals surface area (Å²) in [5, 5.41) is 1.34. The fourth-order valence-electron chi connectivity index (χ4n) is 12.6. The van der Waals surface area contributed by atoms with Crippen molar-refractivity contribution in [2.24, 2.45) is 0 Å². The largest absolute Gasteiger partial charge is 0.586 e. The van der Waals surface area contributed by atoms with E-state index in [-0.39, 0.29) is 49.3 Å². The fraction of sp³-hybridized carbons (Fsp3) is 0.227. The number of halogens is 6. The molecule has 16 aromatic rings. The molecule has 10 aromatic carbocycles. The van der Waals surface area contributed by atoms with E-state index < -0.39 is 6.29 Å². The van der Waals surface area contributed by atoms with Crippen molar-refractivity contribution in [3.8, 4) is 92.1 Å². The molecule has 0 aliphatic carbocycles. The minimum absolute atomic E-state index is 0.0885. The van der Waals surface area contributed by atoms with Gasteiger partial charge in [0, 0.05) is 40.9 Å². The van der Waals surface area contributed by atoms with Gasteiger partial charge in [-0.1, -0.05) is 65.7 Å². The highest BCUT2D eigenvalue weighted by Crippen LogP contribution is 2.44. The highest BCUT2D eigenvalue weighted by atomic mass is 35.5. The first-order valence-corrected chi connectivity index (χ1v) is 42.4. The molecule has 0 saturated carbocycles. The lowest BCUT2D eigenvalue weighted by Gasteiger charge is -2.04. The van der Waals surface area contributed by atoms with Gasteiger partial charge in [-0.3, -0.25) is 0 Å². The lowest BCUT2D eigenvalue weighted by molar-refractivity contribution is -0.286. The summed E-state index contributed by atoms with van der Waals surface area (Å²) in [5.74, 6) is 9.21. The van der Waals surface area contributed by atoms with Crippen molar-refractivity contribution in [2.75, 3.05) is 47.6 Å². The van der Waals surface area contributed by atoms with Crippen LogP contribution in [0.3, 0.4) is 0 Å². The number of thiazole rings is 2. The molecule has 0 spiro atoms. The molecule has 0 radical (unpaired) electrons. The van der Waals surface area contributed by atoms with Crippen molar-refractivity contribution in [1.82, 2.24) is 29.3 Å². The maximum atomic E-state index is 12.9. The van der Waals surface area contributed by atoms with Crippen LogP contribution in [0.5, 0.6) is 92.1 Å². The number of pyridine rings is 2. The number of aromatic nitrogens is 6. The minimum Gasteiger partial charge on any atom is -0.454 e. The first-order valence-electron chi connectivity index (χ1n) is 39.9. The molecule has 6 aromatic heterocycles. The van der Waals surface area contributed by atoms with Gasteiger partial charge in [0.1, 0.15) is 17.0 Å². The van der Waals surface area contributed by atoms with E-state index in [4.69, 9.17) is 93.9 Å². The van der Waals surface area contributed by atoms with E-state index in [1.54, 1.807) is 60.8 Å². The maximum absolute atomic E-state index is 12.9. The molecule has 0 saturated heterocycles. The van der Waals surface area contributed by atoms with E-state index in [9.17, 15) is 17.6 Å². The van der Waals surface area contributed by atoms with E-state index in [0.717, 1.165) is 107 Å². The Hall–Kier alpha value is -13.6. The van der Waals surface area contributed by atoms with Crippen LogP contribution in [0.4, 0.5) is 17.6 Å². The smallest absolute Gasteiger partial charge is 0.454 e. The molecule has 23 nitrogen and oxygen atoms in total. The Morgan fingerprint density at radius 3 is 1.53 bits per heavy atom. The van der Waals surface area contributed by atoms with Gasteiger partial charge < -0.3 is 84.6 Å². The van der Waals surface area contributed by atoms with Gasteiger partial charge in [0.2, 0.25) is 53.3 Å². The monoisotopic (exact) mass is 1820 g/mol. The Labute approximate surface area is 754 Å². The number of alkyl halides is 2. The molecule has 128 heavy (non-hydrogen) atoms. The Bertz CT molecular complexity index is 6080. The van der Waals surface area contributed by atoms with Gasteiger partial charge in [0.05, 0.1) is 36.5 Å². The Morgan fingerprint density at radius 2 is 0.820 bits per heavy atom. The predicted octanol–water partition coefficient (Wildman–Crippen LogP) is 25.0. The van der Waals surface area contributed by atoms with Gasteiger partial charge in [0.15, 0.2) is 98.3 Å². The van der Waals surface area contributed by atoms with Crippen molar-refractivity contribution >= 4 is 83.1 Å². The molecule has 0 amide bonds. The normalized spacial score (nSPS) is 13.1. The van der Waals surface area contributed by atoms with Gasteiger partial charge in [-0.2, -0.15) is 0 Å². The summed E-state index contributed by atoms with van der Waals surface area (Å²) >= 11 is 15.1. The first kappa shape index (κ1) is 92.1. The number of fused-ring (bicyclic) bond motifs is 12. The number of rotatable bonds is 0. The number of oxazole rings is 1. The second kappa shape index (κ2) is 42.6. The van der Waals surface area contributed by atoms with Crippen LogP contribution in [0.1, 0.15) is 78.1 Å². The quantitative estimate of drug-likeness (QED) is 0.128. The third-order valence-corrected chi connectivity index (χ3v) is 21.3. The molecule has 0 fully saturated rings.